The summed E-state index contributed by atoms with van der Waals surface area (Å²) in [5, 5.41) is 16.0. The number of nitrogens with zero attached hydrogens (tertiary/aromatic N) is 1. The quantitative estimate of drug-likeness (QED) is 0.663. The van der Waals surface area contributed by atoms with Crippen molar-refractivity contribution < 1.29 is 19.4 Å². The molecule has 3 aliphatic rings. The molecular formula is C22H29N3O4. The Balaban J connectivity index is 1.39. The van der Waals surface area contributed by atoms with E-state index >= 15 is 0 Å². The van der Waals surface area contributed by atoms with E-state index in [0.717, 1.165) is 31.6 Å². The van der Waals surface area contributed by atoms with Crippen molar-refractivity contribution in [3.8, 4) is 0 Å². The Bertz CT molecular complexity index is 778. The van der Waals surface area contributed by atoms with Gasteiger partial charge in [-0.2, -0.15) is 0 Å². The Morgan fingerprint density at radius 3 is 2.52 bits per heavy atom. The summed E-state index contributed by atoms with van der Waals surface area (Å²) < 4.78 is 5.37. The van der Waals surface area contributed by atoms with E-state index in [1.54, 1.807) is 0 Å². The Morgan fingerprint density at radius 2 is 1.83 bits per heavy atom. The Morgan fingerprint density at radius 1 is 1.14 bits per heavy atom. The third kappa shape index (κ3) is 4.56. The van der Waals surface area contributed by atoms with Crippen LogP contribution >= 0.6 is 0 Å². The number of ether oxygens (including phenoxy) is 1. The molecule has 2 aliphatic heterocycles. The lowest BCUT2D eigenvalue weighted by molar-refractivity contribution is -0.120. The predicted molar refractivity (Wildman–Crippen MR) is 111 cm³/mol. The highest BCUT2D eigenvalue weighted by atomic mass is 16.5. The summed E-state index contributed by atoms with van der Waals surface area (Å²) in [6, 6.07) is 7.06. The summed E-state index contributed by atoms with van der Waals surface area (Å²) in [6.45, 7) is 3.11. The van der Waals surface area contributed by atoms with Gasteiger partial charge in [-0.3, -0.25) is 9.59 Å². The van der Waals surface area contributed by atoms with Crippen molar-refractivity contribution in [3.63, 3.8) is 0 Å². The molecule has 0 spiro atoms. The minimum atomic E-state index is -0.565. The number of anilines is 2. The topological polar surface area (TPSA) is 90.9 Å². The van der Waals surface area contributed by atoms with Crippen molar-refractivity contribution in [2.24, 2.45) is 5.92 Å². The maximum absolute atomic E-state index is 12.6. The van der Waals surface area contributed by atoms with E-state index in [4.69, 9.17) is 4.74 Å². The molecule has 7 heteroatoms. The van der Waals surface area contributed by atoms with Gasteiger partial charge >= 0.3 is 0 Å². The highest BCUT2D eigenvalue weighted by molar-refractivity contribution is 6.24. The van der Waals surface area contributed by atoms with Crippen LogP contribution in [0.25, 0.3) is 0 Å². The predicted octanol–water partition coefficient (Wildman–Crippen LogP) is 2.74. The molecule has 0 radical (unpaired) electrons. The zero-order valence-corrected chi connectivity index (χ0v) is 16.7. The summed E-state index contributed by atoms with van der Waals surface area (Å²) in [6.07, 6.45) is 6.59. The largest absolute Gasteiger partial charge is 0.509 e. The van der Waals surface area contributed by atoms with E-state index in [0.29, 0.717) is 31.2 Å². The number of morpholine rings is 1. The fourth-order valence-electron chi connectivity index (χ4n) is 4.51. The van der Waals surface area contributed by atoms with Gasteiger partial charge in [-0.25, -0.2) is 0 Å². The van der Waals surface area contributed by atoms with Gasteiger partial charge < -0.3 is 25.4 Å². The highest BCUT2D eigenvalue weighted by Gasteiger charge is 2.37. The minimum absolute atomic E-state index is 0.122. The lowest BCUT2D eigenvalue weighted by Crippen LogP contribution is -2.36. The summed E-state index contributed by atoms with van der Waals surface area (Å²) in [7, 11) is 0. The second kappa shape index (κ2) is 8.86. The first-order valence-corrected chi connectivity index (χ1v) is 10.6. The molecule has 0 bridgehead atoms. The Hall–Kier alpha value is -2.54. The van der Waals surface area contributed by atoms with Crippen LogP contribution in [0.1, 0.15) is 38.5 Å². The van der Waals surface area contributed by atoms with Crippen molar-refractivity contribution in [1.29, 1.82) is 0 Å². The number of aliphatic hydroxyl groups excluding tert-OH is 1. The molecule has 1 aromatic rings. The minimum Gasteiger partial charge on any atom is -0.509 e. The molecular weight excluding hydrogens is 370 g/mol. The van der Waals surface area contributed by atoms with Crippen LogP contribution in [-0.2, 0) is 14.3 Å². The average molecular weight is 399 g/mol. The Labute approximate surface area is 171 Å². The monoisotopic (exact) mass is 399 g/mol. The van der Waals surface area contributed by atoms with Gasteiger partial charge in [-0.05, 0) is 36.6 Å². The first-order valence-electron chi connectivity index (χ1n) is 10.6. The molecule has 1 aliphatic carbocycles. The van der Waals surface area contributed by atoms with Crippen LogP contribution in [0.3, 0.4) is 0 Å². The molecule has 29 heavy (non-hydrogen) atoms. The molecule has 1 saturated heterocycles. The van der Waals surface area contributed by atoms with Crippen LogP contribution < -0.4 is 15.5 Å². The first-order chi connectivity index (χ1) is 14.1. The van der Waals surface area contributed by atoms with Gasteiger partial charge in [-0.15, -0.1) is 0 Å². The van der Waals surface area contributed by atoms with Crippen LogP contribution in [0.15, 0.2) is 35.6 Å². The van der Waals surface area contributed by atoms with Gasteiger partial charge in [0.1, 0.15) is 11.3 Å². The van der Waals surface area contributed by atoms with Crippen LogP contribution in [0, 0.1) is 5.92 Å². The number of hydrogen-bond acceptors (Lipinski definition) is 5. The van der Waals surface area contributed by atoms with Gasteiger partial charge in [0.05, 0.1) is 19.3 Å². The SMILES string of the molecule is O=C(Nc1ccc(N2CCOCC2)cc1)C1=C(O)C(CC2CCCCC2)NC1=O. The molecule has 7 nitrogen and oxygen atoms in total. The highest BCUT2D eigenvalue weighted by Crippen LogP contribution is 2.31. The number of aliphatic hydroxyl groups is 1. The summed E-state index contributed by atoms with van der Waals surface area (Å²) in [5.74, 6) is -0.689. The molecule has 0 aromatic heterocycles. The molecule has 1 saturated carbocycles. The second-order valence-electron chi connectivity index (χ2n) is 8.13. The molecule has 1 atom stereocenters. The average Bonchev–Trinajstić information content (AvgIpc) is 3.03. The summed E-state index contributed by atoms with van der Waals surface area (Å²) in [5.41, 5.74) is 1.50. The van der Waals surface area contributed by atoms with Crippen molar-refractivity contribution in [1.82, 2.24) is 5.32 Å². The van der Waals surface area contributed by atoms with E-state index in [-0.39, 0.29) is 11.3 Å². The van der Waals surface area contributed by atoms with E-state index < -0.39 is 17.9 Å². The molecule has 156 valence electrons. The van der Waals surface area contributed by atoms with Gasteiger partial charge in [0, 0.05) is 24.5 Å². The zero-order valence-electron chi connectivity index (χ0n) is 16.7. The Kier molecular flexibility index (Phi) is 6.04. The normalized spacial score (nSPS) is 23.2. The van der Waals surface area contributed by atoms with Crippen molar-refractivity contribution >= 4 is 23.2 Å². The van der Waals surface area contributed by atoms with E-state index in [2.05, 4.69) is 15.5 Å². The molecule has 3 N–H and O–H groups in total. The maximum Gasteiger partial charge on any atom is 0.264 e. The van der Waals surface area contributed by atoms with Gasteiger partial charge in [0.15, 0.2) is 0 Å². The van der Waals surface area contributed by atoms with E-state index in [1.165, 1.54) is 19.3 Å². The number of rotatable bonds is 5. The van der Waals surface area contributed by atoms with Gasteiger partial charge in [0.25, 0.3) is 11.8 Å². The van der Waals surface area contributed by atoms with Crippen molar-refractivity contribution in [3.05, 3.63) is 35.6 Å². The molecule has 4 rings (SSSR count). The summed E-state index contributed by atoms with van der Waals surface area (Å²) in [4.78, 5) is 27.2. The number of carbonyl (C=O) groups is 2. The lowest BCUT2D eigenvalue weighted by atomic mass is 9.84. The fourth-order valence-corrected chi connectivity index (χ4v) is 4.51. The molecule has 2 heterocycles. The third-order valence-corrected chi connectivity index (χ3v) is 6.14. The standard InChI is InChI=1S/C22H29N3O4/c26-20-18(14-15-4-2-1-3-5-15)24-22(28)19(20)21(27)23-16-6-8-17(9-7-16)25-10-12-29-13-11-25/h6-9,15,18,26H,1-5,10-14H2,(H,23,27)(H,24,28). The molecule has 1 aromatic carbocycles. The van der Waals surface area contributed by atoms with Gasteiger partial charge in [0.2, 0.25) is 0 Å². The first kappa shape index (κ1) is 19.8. The van der Waals surface area contributed by atoms with Crippen molar-refractivity contribution in [2.45, 2.75) is 44.6 Å². The molecule has 1 unspecified atom stereocenters. The van der Waals surface area contributed by atoms with Gasteiger partial charge in [-0.1, -0.05) is 32.1 Å². The molecule has 2 amide bonds. The van der Waals surface area contributed by atoms with Crippen LogP contribution in [-0.4, -0.2) is 49.3 Å². The van der Waals surface area contributed by atoms with Crippen LogP contribution in [0.4, 0.5) is 11.4 Å². The number of amides is 2. The van der Waals surface area contributed by atoms with Crippen LogP contribution in [0.2, 0.25) is 0 Å². The van der Waals surface area contributed by atoms with Crippen molar-refractivity contribution in [2.75, 3.05) is 36.5 Å². The smallest absolute Gasteiger partial charge is 0.264 e. The van der Waals surface area contributed by atoms with Crippen LogP contribution in [0.5, 0.6) is 0 Å². The number of carbonyl (C=O) groups excluding carboxylic acids is 2. The maximum atomic E-state index is 12.6. The number of hydrogen-bond donors (Lipinski definition) is 3. The third-order valence-electron chi connectivity index (χ3n) is 6.14. The lowest BCUT2D eigenvalue weighted by Gasteiger charge is -2.28. The number of benzene rings is 1. The second-order valence-corrected chi connectivity index (χ2v) is 8.13. The molecule has 2 fully saturated rings. The number of nitrogens with one attached hydrogen (secondary N) is 2. The summed E-state index contributed by atoms with van der Waals surface area (Å²) >= 11 is 0. The van der Waals surface area contributed by atoms with E-state index in [9.17, 15) is 14.7 Å². The van der Waals surface area contributed by atoms with E-state index in [1.807, 2.05) is 24.3 Å². The fraction of sp³-hybridized carbons (Fsp3) is 0.545. The zero-order chi connectivity index (χ0) is 20.2.